The Morgan fingerprint density at radius 2 is 2.25 bits per heavy atom. The Balaban J connectivity index is 2.22. The molecule has 0 aromatic heterocycles. The molecule has 48 valence electrons. The van der Waals surface area contributed by atoms with Gasteiger partial charge in [0.15, 0.2) is 0 Å². The van der Waals surface area contributed by atoms with Crippen LogP contribution >= 0.6 is 0 Å². The predicted molar refractivity (Wildman–Crippen MR) is 32.6 cm³/mol. The maximum atomic E-state index is 5.62. The smallest absolute Gasteiger partial charge is 0.0586 e. The standard InChI is InChI=1S/C6H13NO/c1-8-6-3-2-5(7)4-6/h5-6H,2-4,7H2,1H3/t5?,6-/m1/s1. The van der Waals surface area contributed by atoms with Gasteiger partial charge < -0.3 is 10.5 Å². The Morgan fingerprint density at radius 3 is 2.50 bits per heavy atom. The van der Waals surface area contributed by atoms with Gasteiger partial charge in [0.1, 0.15) is 0 Å². The van der Waals surface area contributed by atoms with Crippen LogP contribution in [0.25, 0.3) is 0 Å². The summed E-state index contributed by atoms with van der Waals surface area (Å²) in [4.78, 5) is 0. The molecule has 1 saturated carbocycles. The van der Waals surface area contributed by atoms with Gasteiger partial charge in [-0.05, 0) is 19.3 Å². The Kier molecular flexibility index (Phi) is 1.86. The van der Waals surface area contributed by atoms with Crippen molar-refractivity contribution in [3.8, 4) is 0 Å². The van der Waals surface area contributed by atoms with Crippen molar-refractivity contribution in [3.05, 3.63) is 0 Å². The lowest BCUT2D eigenvalue weighted by molar-refractivity contribution is 0.108. The van der Waals surface area contributed by atoms with E-state index < -0.39 is 0 Å². The van der Waals surface area contributed by atoms with E-state index in [1.54, 1.807) is 7.11 Å². The minimum absolute atomic E-state index is 0.403. The van der Waals surface area contributed by atoms with Crippen LogP contribution in [0.5, 0.6) is 0 Å². The van der Waals surface area contributed by atoms with Gasteiger partial charge in [-0.25, -0.2) is 0 Å². The van der Waals surface area contributed by atoms with Crippen molar-refractivity contribution in [2.24, 2.45) is 5.73 Å². The van der Waals surface area contributed by atoms with Crippen LogP contribution in [0.2, 0.25) is 0 Å². The van der Waals surface area contributed by atoms with Crippen LogP contribution in [-0.4, -0.2) is 19.3 Å². The van der Waals surface area contributed by atoms with Gasteiger partial charge in [-0.2, -0.15) is 0 Å². The van der Waals surface area contributed by atoms with Crippen molar-refractivity contribution >= 4 is 0 Å². The van der Waals surface area contributed by atoms with E-state index in [0.29, 0.717) is 12.1 Å². The van der Waals surface area contributed by atoms with E-state index in [0.717, 1.165) is 19.3 Å². The van der Waals surface area contributed by atoms with Crippen LogP contribution in [0, 0.1) is 0 Å². The molecule has 1 rings (SSSR count). The number of ether oxygens (including phenoxy) is 1. The zero-order valence-electron chi connectivity index (χ0n) is 5.26. The second kappa shape index (κ2) is 2.46. The highest BCUT2D eigenvalue weighted by Gasteiger charge is 2.20. The van der Waals surface area contributed by atoms with E-state index >= 15 is 0 Å². The molecule has 0 saturated heterocycles. The number of nitrogens with two attached hydrogens (primary N) is 1. The monoisotopic (exact) mass is 115 g/mol. The minimum Gasteiger partial charge on any atom is -0.381 e. The van der Waals surface area contributed by atoms with Crippen molar-refractivity contribution in [1.82, 2.24) is 0 Å². The Bertz CT molecular complexity index is 74.9. The summed E-state index contributed by atoms with van der Waals surface area (Å²) in [5.41, 5.74) is 5.62. The number of hydrogen-bond acceptors (Lipinski definition) is 2. The molecule has 2 heteroatoms. The average molecular weight is 115 g/mol. The van der Waals surface area contributed by atoms with Crippen LogP contribution in [-0.2, 0) is 4.74 Å². The first-order valence-corrected chi connectivity index (χ1v) is 3.11. The van der Waals surface area contributed by atoms with Crippen molar-refractivity contribution in [1.29, 1.82) is 0 Å². The van der Waals surface area contributed by atoms with Gasteiger partial charge in [0, 0.05) is 13.2 Å². The molecule has 1 unspecified atom stereocenters. The highest BCUT2D eigenvalue weighted by molar-refractivity contribution is 4.77. The van der Waals surface area contributed by atoms with Gasteiger partial charge in [0.25, 0.3) is 0 Å². The van der Waals surface area contributed by atoms with Gasteiger partial charge in [0.2, 0.25) is 0 Å². The summed E-state index contributed by atoms with van der Waals surface area (Å²) < 4.78 is 5.10. The topological polar surface area (TPSA) is 35.2 Å². The fourth-order valence-electron chi connectivity index (χ4n) is 1.19. The fourth-order valence-corrected chi connectivity index (χ4v) is 1.19. The molecule has 1 aliphatic rings. The summed E-state index contributed by atoms with van der Waals surface area (Å²) in [5.74, 6) is 0. The van der Waals surface area contributed by atoms with Crippen LogP contribution < -0.4 is 5.73 Å². The molecule has 1 fully saturated rings. The Labute approximate surface area is 50.0 Å². The maximum Gasteiger partial charge on any atom is 0.0586 e. The van der Waals surface area contributed by atoms with Gasteiger partial charge in [0.05, 0.1) is 6.10 Å². The summed E-state index contributed by atoms with van der Waals surface area (Å²) in [5, 5.41) is 0. The zero-order chi connectivity index (χ0) is 5.98. The lowest BCUT2D eigenvalue weighted by atomic mass is 10.3. The van der Waals surface area contributed by atoms with E-state index in [-0.39, 0.29) is 0 Å². The molecule has 0 heterocycles. The highest BCUT2D eigenvalue weighted by atomic mass is 16.5. The number of rotatable bonds is 1. The fraction of sp³-hybridized carbons (Fsp3) is 1.00. The predicted octanol–water partition coefficient (Wildman–Crippen LogP) is 0.513. The second-order valence-electron chi connectivity index (χ2n) is 2.43. The lowest BCUT2D eigenvalue weighted by Gasteiger charge is -2.04. The van der Waals surface area contributed by atoms with E-state index in [1.165, 1.54) is 0 Å². The maximum absolute atomic E-state index is 5.62. The molecule has 0 bridgehead atoms. The van der Waals surface area contributed by atoms with Gasteiger partial charge in [-0.1, -0.05) is 0 Å². The molecule has 0 aromatic rings. The largest absolute Gasteiger partial charge is 0.381 e. The van der Waals surface area contributed by atoms with Crippen LogP contribution in [0.4, 0.5) is 0 Å². The number of hydrogen-bond donors (Lipinski definition) is 1. The molecule has 0 spiro atoms. The molecule has 0 aromatic carbocycles. The third kappa shape index (κ3) is 1.20. The zero-order valence-corrected chi connectivity index (χ0v) is 5.26. The summed E-state index contributed by atoms with van der Waals surface area (Å²) >= 11 is 0. The van der Waals surface area contributed by atoms with Crippen molar-refractivity contribution < 1.29 is 4.74 Å². The molecule has 2 atom stereocenters. The first-order valence-electron chi connectivity index (χ1n) is 3.11. The summed E-state index contributed by atoms with van der Waals surface area (Å²) in [7, 11) is 1.75. The minimum atomic E-state index is 0.403. The third-order valence-electron chi connectivity index (χ3n) is 1.76. The molecule has 1 aliphatic carbocycles. The van der Waals surface area contributed by atoms with E-state index in [4.69, 9.17) is 10.5 Å². The highest BCUT2D eigenvalue weighted by Crippen LogP contribution is 2.18. The SMILES string of the molecule is CO[C@@H]1CCC(N)C1. The van der Waals surface area contributed by atoms with E-state index in [9.17, 15) is 0 Å². The number of methoxy groups -OCH3 is 1. The third-order valence-corrected chi connectivity index (χ3v) is 1.76. The van der Waals surface area contributed by atoms with Gasteiger partial charge in [-0.15, -0.1) is 0 Å². The van der Waals surface area contributed by atoms with Crippen molar-refractivity contribution in [2.75, 3.05) is 7.11 Å². The van der Waals surface area contributed by atoms with Crippen LogP contribution in [0.15, 0.2) is 0 Å². The quantitative estimate of drug-likeness (QED) is 0.540. The molecular weight excluding hydrogens is 102 g/mol. The molecule has 8 heavy (non-hydrogen) atoms. The lowest BCUT2D eigenvalue weighted by Crippen LogP contribution is -2.16. The first kappa shape index (κ1) is 6.05. The Morgan fingerprint density at radius 1 is 1.50 bits per heavy atom. The van der Waals surface area contributed by atoms with E-state index in [1.807, 2.05) is 0 Å². The molecule has 0 radical (unpaired) electrons. The van der Waals surface area contributed by atoms with Crippen molar-refractivity contribution in [3.63, 3.8) is 0 Å². The van der Waals surface area contributed by atoms with Crippen LogP contribution in [0.3, 0.4) is 0 Å². The Hall–Kier alpha value is -0.0800. The second-order valence-corrected chi connectivity index (χ2v) is 2.43. The summed E-state index contributed by atoms with van der Waals surface area (Å²) in [6, 6.07) is 0.403. The molecular formula is C6H13NO. The van der Waals surface area contributed by atoms with Crippen molar-refractivity contribution in [2.45, 2.75) is 31.4 Å². The van der Waals surface area contributed by atoms with Gasteiger partial charge >= 0.3 is 0 Å². The molecule has 2 N–H and O–H groups in total. The molecule has 2 nitrogen and oxygen atoms in total. The summed E-state index contributed by atoms with van der Waals surface area (Å²) in [6.45, 7) is 0. The normalized spacial score (nSPS) is 38.2. The molecule has 0 amide bonds. The van der Waals surface area contributed by atoms with Gasteiger partial charge in [-0.3, -0.25) is 0 Å². The van der Waals surface area contributed by atoms with Crippen LogP contribution in [0.1, 0.15) is 19.3 Å². The first-order chi connectivity index (χ1) is 3.83. The average Bonchev–Trinajstić information content (AvgIpc) is 2.14. The molecule has 0 aliphatic heterocycles. The van der Waals surface area contributed by atoms with E-state index in [2.05, 4.69) is 0 Å². The summed E-state index contributed by atoms with van der Waals surface area (Å²) in [6.07, 6.45) is 3.79.